The van der Waals surface area contributed by atoms with Crippen LogP contribution in [-0.4, -0.2) is 42.7 Å². The number of hydrogen-bond donors (Lipinski definition) is 0. The van der Waals surface area contributed by atoms with E-state index in [4.69, 9.17) is 33.2 Å². The molecule has 4 atom stereocenters. The van der Waals surface area contributed by atoms with Gasteiger partial charge in [0.2, 0.25) is 11.5 Å². The van der Waals surface area contributed by atoms with Crippen LogP contribution in [0.1, 0.15) is 37.2 Å². The van der Waals surface area contributed by atoms with Gasteiger partial charge in [0.15, 0.2) is 23.0 Å². The molecule has 2 aromatic carbocycles. The summed E-state index contributed by atoms with van der Waals surface area (Å²) in [4.78, 5) is 0. The van der Waals surface area contributed by atoms with E-state index in [1.165, 1.54) is 0 Å². The number of methoxy groups -OCH3 is 6. The summed E-state index contributed by atoms with van der Waals surface area (Å²) in [5, 5.41) is 0. The monoisotopic (exact) mass is 432 g/mol. The van der Waals surface area contributed by atoms with Gasteiger partial charge in [0.1, 0.15) is 0 Å². The third kappa shape index (κ3) is 4.06. The standard InChI is InChI=1S/C24H32O7/c1-13-14(2)22(16-11-19(27-5)24(30-8)20(12-16)28-6)31-21(13)15-9-17(25-3)23(29-7)18(10-15)26-4/h9-14,21-22H,1-8H3/t13-,14-,21-,22+/m0/s1. The third-order valence-electron chi connectivity index (χ3n) is 6.11. The van der Waals surface area contributed by atoms with Gasteiger partial charge in [-0.3, -0.25) is 0 Å². The molecule has 0 bridgehead atoms. The van der Waals surface area contributed by atoms with Crippen molar-refractivity contribution in [1.82, 2.24) is 0 Å². The van der Waals surface area contributed by atoms with Gasteiger partial charge in [0.05, 0.1) is 54.9 Å². The highest BCUT2D eigenvalue weighted by atomic mass is 16.5. The zero-order valence-corrected chi connectivity index (χ0v) is 19.5. The summed E-state index contributed by atoms with van der Waals surface area (Å²) in [7, 11) is 9.64. The van der Waals surface area contributed by atoms with E-state index in [9.17, 15) is 0 Å². The van der Waals surface area contributed by atoms with Crippen LogP contribution in [0.5, 0.6) is 34.5 Å². The van der Waals surface area contributed by atoms with Crippen molar-refractivity contribution in [2.24, 2.45) is 11.8 Å². The molecular formula is C24H32O7. The van der Waals surface area contributed by atoms with Gasteiger partial charge in [-0.1, -0.05) is 13.8 Å². The van der Waals surface area contributed by atoms with Crippen molar-refractivity contribution in [3.8, 4) is 34.5 Å². The molecule has 7 heteroatoms. The van der Waals surface area contributed by atoms with Crippen molar-refractivity contribution >= 4 is 0 Å². The Balaban J connectivity index is 2.01. The third-order valence-corrected chi connectivity index (χ3v) is 6.11. The molecule has 3 rings (SSSR count). The first-order valence-electron chi connectivity index (χ1n) is 10.2. The molecule has 1 fully saturated rings. The molecule has 0 amide bonds. The maximum Gasteiger partial charge on any atom is 0.203 e. The first-order chi connectivity index (χ1) is 14.9. The molecule has 0 N–H and O–H groups in total. The first-order valence-corrected chi connectivity index (χ1v) is 10.2. The maximum absolute atomic E-state index is 6.60. The Labute approximate surface area is 184 Å². The van der Waals surface area contributed by atoms with Crippen molar-refractivity contribution in [1.29, 1.82) is 0 Å². The van der Waals surface area contributed by atoms with E-state index < -0.39 is 0 Å². The molecule has 1 aliphatic heterocycles. The zero-order valence-electron chi connectivity index (χ0n) is 19.5. The van der Waals surface area contributed by atoms with Crippen LogP contribution in [0.2, 0.25) is 0 Å². The summed E-state index contributed by atoms with van der Waals surface area (Å²) in [6, 6.07) is 7.80. The minimum absolute atomic E-state index is 0.146. The van der Waals surface area contributed by atoms with E-state index in [2.05, 4.69) is 13.8 Å². The maximum atomic E-state index is 6.60. The number of benzene rings is 2. The second-order valence-corrected chi connectivity index (χ2v) is 7.61. The summed E-state index contributed by atoms with van der Waals surface area (Å²) < 4.78 is 39.6. The molecular weight excluding hydrogens is 400 g/mol. The van der Waals surface area contributed by atoms with Gasteiger partial charge < -0.3 is 33.2 Å². The second-order valence-electron chi connectivity index (χ2n) is 7.61. The average molecular weight is 433 g/mol. The summed E-state index contributed by atoms with van der Waals surface area (Å²) >= 11 is 0. The normalized spacial score (nSPS) is 22.7. The average Bonchev–Trinajstić information content (AvgIpc) is 3.11. The van der Waals surface area contributed by atoms with Crippen LogP contribution >= 0.6 is 0 Å². The van der Waals surface area contributed by atoms with Crippen molar-refractivity contribution < 1.29 is 33.2 Å². The molecule has 0 radical (unpaired) electrons. The smallest absolute Gasteiger partial charge is 0.203 e. The molecule has 0 aliphatic carbocycles. The molecule has 7 nitrogen and oxygen atoms in total. The summed E-state index contributed by atoms with van der Waals surface area (Å²) in [5.74, 6) is 4.04. The van der Waals surface area contributed by atoms with E-state index in [0.29, 0.717) is 34.5 Å². The Bertz CT molecular complexity index is 787. The molecule has 31 heavy (non-hydrogen) atoms. The fourth-order valence-corrected chi connectivity index (χ4v) is 4.25. The molecule has 1 saturated heterocycles. The predicted molar refractivity (Wildman–Crippen MR) is 117 cm³/mol. The fourth-order valence-electron chi connectivity index (χ4n) is 4.25. The lowest BCUT2D eigenvalue weighted by Crippen LogP contribution is -2.10. The van der Waals surface area contributed by atoms with Crippen molar-refractivity contribution in [3.63, 3.8) is 0 Å². The van der Waals surface area contributed by atoms with Gasteiger partial charge in [-0.05, 0) is 47.2 Å². The zero-order chi connectivity index (χ0) is 22.7. The van der Waals surface area contributed by atoms with Crippen LogP contribution in [-0.2, 0) is 4.74 Å². The molecule has 1 heterocycles. The van der Waals surface area contributed by atoms with Crippen molar-refractivity contribution in [3.05, 3.63) is 35.4 Å². The van der Waals surface area contributed by atoms with Crippen LogP contribution < -0.4 is 28.4 Å². The molecule has 2 aromatic rings. The van der Waals surface area contributed by atoms with Crippen LogP contribution in [0.4, 0.5) is 0 Å². The first kappa shape index (κ1) is 22.9. The molecule has 170 valence electrons. The highest BCUT2D eigenvalue weighted by Crippen LogP contribution is 2.53. The van der Waals surface area contributed by atoms with Gasteiger partial charge in [-0.2, -0.15) is 0 Å². The second kappa shape index (κ2) is 9.56. The Morgan fingerprint density at radius 2 is 0.806 bits per heavy atom. The molecule has 0 unspecified atom stereocenters. The van der Waals surface area contributed by atoms with Gasteiger partial charge in [-0.25, -0.2) is 0 Å². The summed E-state index contributed by atoms with van der Waals surface area (Å²) in [5.41, 5.74) is 1.95. The Morgan fingerprint density at radius 3 is 1.03 bits per heavy atom. The summed E-state index contributed by atoms with van der Waals surface area (Å²) in [6.45, 7) is 4.38. The van der Waals surface area contributed by atoms with Crippen LogP contribution in [0.25, 0.3) is 0 Å². The number of hydrogen-bond acceptors (Lipinski definition) is 7. The lowest BCUT2D eigenvalue weighted by Gasteiger charge is -2.20. The largest absolute Gasteiger partial charge is 0.493 e. The quantitative estimate of drug-likeness (QED) is 0.592. The molecule has 0 aromatic heterocycles. The van der Waals surface area contributed by atoms with E-state index >= 15 is 0 Å². The molecule has 0 spiro atoms. The SMILES string of the molecule is COc1cc([C@H]2O[C@@H](c3cc(OC)c(OC)c(OC)c3)[C@@H](C)[C@@H]2C)cc(OC)c1OC. The minimum atomic E-state index is -0.146. The van der Waals surface area contributed by atoms with E-state index in [1.54, 1.807) is 42.7 Å². The Kier molecular flexibility index (Phi) is 7.05. The Morgan fingerprint density at radius 1 is 0.516 bits per heavy atom. The van der Waals surface area contributed by atoms with Crippen LogP contribution in [0, 0.1) is 11.8 Å². The number of rotatable bonds is 8. The fraction of sp³-hybridized carbons (Fsp3) is 0.500. The topological polar surface area (TPSA) is 64.6 Å². The lowest BCUT2D eigenvalue weighted by atomic mass is 9.85. The van der Waals surface area contributed by atoms with Crippen LogP contribution in [0.15, 0.2) is 24.3 Å². The minimum Gasteiger partial charge on any atom is -0.493 e. The highest BCUT2D eigenvalue weighted by molar-refractivity contribution is 5.56. The number of ether oxygens (including phenoxy) is 7. The molecule has 0 saturated carbocycles. The van der Waals surface area contributed by atoms with E-state index in [1.807, 2.05) is 24.3 Å². The van der Waals surface area contributed by atoms with E-state index in [0.717, 1.165) is 11.1 Å². The van der Waals surface area contributed by atoms with Crippen molar-refractivity contribution in [2.45, 2.75) is 26.1 Å². The highest BCUT2D eigenvalue weighted by Gasteiger charge is 2.41. The van der Waals surface area contributed by atoms with Gasteiger partial charge >= 0.3 is 0 Å². The predicted octanol–water partition coefficient (Wildman–Crippen LogP) is 4.82. The lowest BCUT2D eigenvalue weighted by molar-refractivity contribution is 0.0285. The molecule has 1 aliphatic rings. The van der Waals surface area contributed by atoms with Gasteiger partial charge in [0.25, 0.3) is 0 Å². The van der Waals surface area contributed by atoms with Crippen molar-refractivity contribution in [2.75, 3.05) is 42.7 Å². The van der Waals surface area contributed by atoms with Gasteiger partial charge in [0, 0.05) is 0 Å². The van der Waals surface area contributed by atoms with E-state index in [-0.39, 0.29) is 24.0 Å². The Hall–Kier alpha value is -2.80. The van der Waals surface area contributed by atoms with Crippen LogP contribution in [0.3, 0.4) is 0 Å². The summed E-state index contributed by atoms with van der Waals surface area (Å²) in [6.07, 6.45) is -0.291. The van der Waals surface area contributed by atoms with Gasteiger partial charge in [-0.15, -0.1) is 0 Å².